The Balaban J connectivity index is 2.76. The van der Waals surface area contributed by atoms with Gasteiger partial charge in [-0.3, -0.25) is 14.5 Å². The molecule has 1 amide bonds. The molecule has 2 atom stereocenters. The van der Waals surface area contributed by atoms with E-state index < -0.39 is 0 Å². The highest BCUT2D eigenvalue weighted by atomic mass is 16.2. The molecule has 0 unspecified atom stereocenters. The summed E-state index contributed by atoms with van der Waals surface area (Å²) >= 11 is 0. The van der Waals surface area contributed by atoms with Crippen molar-refractivity contribution < 1.29 is 9.59 Å². The summed E-state index contributed by atoms with van der Waals surface area (Å²) in [5.74, 6) is 0.215. The third kappa shape index (κ3) is 3.80. The Morgan fingerprint density at radius 1 is 1.39 bits per heavy atom. The van der Waals surface area contributed by atoms with E-state index in [-0.39, 0.29) is 29.3 Å². The maximum absolute atomic E-state index is 12.3. The fourth-order valence-corrected chi connectivity index (χ4v) is 2.62. The number of rotatable bonds is 4. The SMILES string of the molecule is CC[C@@H](C(=O)NC(C)(C)C)N1CCC[C@H]1C(C)=O. The second-order valence-electron chi connectivity index (χ2n) is 6.17. The number of carbonyl (C=O) groups excluding carboxylic acids is 2. The molecule has 1 rings (SSSR count). The summed E-state index contributed by atoms with van der Waals surface area (Å²) in [7, 11) is 0. The molecule has 1 N–H and O–H groups in total. The second-order valence-corrected chi connectivity index (χ2v) is 6.17. The Morgan fingerprint density at radius 2 is 2.00 bits per heavy atom. The van der Waals surface area contributed by atoms with Crippen LogP contribution in [0.3, 0.4) is 0 Å². The van der Waals surface area contributed by atoms with Gasteiger partial charge in [-0.15, -0.1) is 0 Å². The number of hydrogen-bond acceptors (Lipinski definition) is 3. The van der Waals surface area contributed by atoms with Crippen molar-refractivity contribution in [1.29, 1.82) is 0 Å². The normalized spacial score (nSPS) is 22.8. The van der Waals surface area contributed by atoms with Gasteiger partial charge in [0.2, 0.25) is 5.91 Å². The monoisotopic (exact) mass is 254 g/mol. The summed E-state index contributed by atoms with van der Waals surface area (Å²) in [6.07, 6.45) is 2.63. The average Bonchev–Trinajstić information content (AvgIpc) is 2.64. The fraction of sp³-hybridized carbons (Fsp3) is 0.857. The van der Waals surface area contributed by atoms with E-state index in [1.807, 2.05) is 27.7 Å². The minimum atomic E-state index is -0.226. The molecule has 0 saturated carbocycles. The molecule has 0 radical (unpaired) electrons. The van der Waals surface area contributed by atoms with Crippen LogP contribution >= 0.6 is 0 Å². The number of ketones is 1. The lowest BCUT2D eigenvalue weighted by Gasteiger charge is -2.32. The standard InChI is InChI=1S/C14H26N2O2/c1-6-11(13(18)15-14(3,4)5)16-9-7-8-12(16)10(2)17/h11-12H,6-9H2,1-5H3,(H,15,18)/t11-,12-/m0/s1. The van der Waals surface area contributed by atoms with Gasteiger partial charge in [-0.05, 0) is 53.5 Å². The second kappa shape index (κ2) is 5.83. The van der Waals surface area contributed by atoms with Crippen molar-refractivity contribution in [2.75, 3.05) is 6.54 Å². The summed E-state index contributed by atoms with van der Waals surface area (Å²) < 4.78 is 0. The first-order chi connectivity index (χ1) is 8.26. The first kappa shape index (κ1) is 15.2. The van der Waals surface area contributed by atoms with Crippen LogP contribution in [0.25, 0.3) is 0 Å². The number of likely N-dealkylation sites (tertiary alicyclic amines) is 1. The molecule has 0 bridgehead atoms. The van der Waals surface area contributed by atoms with Crippen LogP contribution in [0, 0.1) is 0 Å². The lowest BCUT2D eigenvalue weighted by atomic mass is 10.0. The molecule has 4 heteroatoms. The summed E-state index contributed by atoms with van der Waals surface area (Å²) in [6.45, 7) is 10.4. The van der Waals surface area contributed by atoms with Crippen LogP contribution in [0.4, 0.5) is 0 Å². The number of nitrogens with zero attached hydrogens (tertiary/aromatic N) is 1. The lowest BCUT2D eigenvalue weighted by molar-refractivity contribution is -0.130. The molecule has 1 fully saturated rings. The van der Waals surface area contributed by atoms with Crippen LogP contribution in [0.5, 0.6) is 0 Å². The van der Waals surface area contributed by atoms with Gasteiger partial charge < -0.3 is 5.32 Å². The van der Waals surface area contributed by atoms with Crippen molar-refractivity contribution in [2.45, 2.75) is 71.5 Å². The summed E-state index contributed by atoms with van der Waals surface area (Å²) in [5, 5.41) is 3.01. The van der Waals surface area contributed by atoms with Crippen molar-refractivity contribution >= 4 is 11.7 Å². The van der Waals surface area contributed by atoms with E-state index >= 15 is 0 Å². The highest BCUT2D eigenvalue weighted by Crippen LogP contribution is 2.22. The maximum atomic E-state index is 12.3. The van der Waals surface area contributed by atoms with Gasteiger partial charge >= 0.3 is 0 Å². The van der Waals surface area contributed by atoms with Crippen molar-refractivity contribution in [3.05, 3.63) is 0 Å². The highest BCUT2D eigenvalue weighted by molar-refractivity contribution is 5.85. The topological polar surface area (TPSA) is 49.4 Å². The first-order valence-electron chi connectivity index (χ1n) is 6.84. The molecule has 0 aromatic rings. The quantitative estimate of drug-likeness (QED) is 0.831. The Bertz CT molecular complexity index is 320. The molecule has 0 spiro atoms. The van der Waals surface area contributed by atoms with Crippen LogP contribution in [0.1, 0.15) is 53.9 Å². The first-order valence-corrected chi connectivity index (χ1v) is 6.84. The molecule has 18 heavy (non-hydrogen) atoms. The minimum Gasteiger partial charge on any atom is -0.350 e. The van der Waals surface area contributed by atoms with Gasteiger partial charge in [0.05, 0.1) is 12.1 Å². The Labute approximate surface area is 110 Å². The zero-order valence-electron chi connectivity index (χ0n) is 12.2. The van der Waals surface area contributed by atoms with Crippen molar-refractivity contribution in [1.82, 2.24) is 10.2 Å². The van der Waals surface area contributed by atoms with E-state index in [4.69, 9.17) is 0 Å². The van der Waals surface area contributed by atoms with Crippen molar-refractivity contribution in [2.24, 2.45) is 0 Å². The minimum absolute atomic E-state index is 0.0400. The van der Waals surface area contributed by atoms with Gasteiger partial charge in [0.1, 0.15) is 5.78 Å². The third-order valence-electron chi connectivity index (χ3n) is 3.35. The largest absolute Gasteiger partial charge is 0.350 e. The molecule has 1 aliphatic heterocycles. The molecular formula is C14H26N2O2. The van der Waals surface area contributed by atoms with E-state index in [2.05, 4.69) is 10.2 Å². The Hall–Kier alpha value is -0.900. The van der Waals surface area contributed by atoms with Gasteiger partial charge in [0.25, 0.3) is 0 Å². The molecule has 1 heterocycles. The number of amides is 1. The maximum Gasteiger partial charge on any atom is 0.237 e. The molecule has 4 nitrogen and oxygen atoms in total. The van der Waals surface area contributed by atoms with E-state index in [1.54, 1.807) is 6.92 Å². The molecule has 1 saturated heterocycles. The van der Waals surface area contributed by atoms with E-state index in [9.17, 15) is 9.59 Å². The highest BCUT2D eigenvalue weighted by Gasteiger charge is 2.36. The van der Waals surface area contributed by atoms with E-state index in [0.29, 0.717) is 0 Å². The van der Waals surface area contributed by atoms with Crippen LogP contribution in [-0.4, -0.2) is 40.8 Å². The molecular weight excluding hydrogens is 228 g/mol. The lowest BCUT2D eigenvalue weighted by Crippen LogP contribution is -2.54. The molecule has 104 valence electrons. The van der Waals surface area contributed by atoms with Crippen LogP contribution in [-0.2, 0) is 9.59 Å². The Morgan fingerprint density at radius 3 is 2.44 bits per heavy atom. The van der Waals surface area contributed by atoms with Crippen LogP contribution in [0.15, 0.2) is 0 Å². The smallest absolute Gasteiger partial charge is 0.237 e. The van der Waals surface area contributed by atoms with Gasteiger partial charge in [0.15, 0.2) is 0 Å². The predicted octanol–water partition coefficient (Wildman–Crippen LogP) is 1.73. The van der Waals surface area contributed by atoms with Gasteiger partial charge in [0, 0.05) is 5.54 Å². The summed E-state index contributed by atoms with van der Waals surface area (Å²) in [4.78, 5) is 26.0. The van der Waals surface area contributed by atoms with E-state index in [1.165, 1.54) is 0 Å². The van der Waals surface area contributed by atoms with Crippen LogP contribution < -0.4 is 5.32 Å². The van der Waals surface area contributed by atoms with Crippen LogP contribution in [0.2, 0.25) is 0 Å². The van der Waals surface area contributed by atoms with Gasteiger partial charge in [-0.25, -0.2) is 0 Å². The number of nitrogens with one attached hydrogen (secondary N) is 1. The predicted molar refractivity (Wildman–Crippen MR) is 72.4 cm³/mol. The summed E-state index contributed by atoms with van der Waals surface area (Å²) in [5.41, 5.74) is -0.226. The van der Waals surface area contributed by atoms with Crippen molar-refractivity contribution in [3.8, 4) is 0 Å². The van der Waals surface area contributed by atoms with Crippen molar-refractivity contribution in [3.63, 3.8) is 0 Å². The molecule has 0 aromatic carbocycles. The number of hydrogen-bond donors (Lipinski definition) is 1. The van der Waals surface area contributed by atoms with E-state index in [0.717, 1.165) is 25.8 Å². The molecule has 0 aromatic heterocycles. The zero-order valence-corrected chi connectivity index (χ0v) is 12.2. The van der Waals surface area contributed by atoms with Gasteiger partial charge in [-0.1, -0.05) is 6.92 Å². The average molecular weight is 254 g/mol. The fourth-order valence-electron chi connectivity index (χ4n) is 2.62. The summed E-state index contributed by atoms with van der Waals surface area (Å²) in [6, 6.07) is -0.249. The van der Waals surface area contributed by atoms with Gasteiger partial charge in [-0.2, -0.15) is 0 Å². The third-order valence-corrected chi connectivity index (χ3v) is 3.35. The number of carbonyl (C=O) groups is 2. The molecule has 1 aliphatic rings. The number of Topliss-reactive ketones (excluding diaryl/α,β-unsaturated/α-hetero) is 1. The molecule has 0 aliphatic carbocycles. The Kier molecular flexibility index (Phi) is 4.91. The zero-order chi connectivity index (χ0) is 13.9.